The van der Waals surface area contributed by atoms with Crippen molar-refractivity contribution in [2.75, 3.05) is 5.32 Å². The van der Waals surface area contributed by atoms with Gasteiger partial charge in [0.05, 0.1) is 28.8 Å². The number of unbranched alkanes of at least 4 members (excludes halogenated alkanes) is 1. The highest BCUT2D eigenvalue weighted by molar-refractivity contribution is 7.08. The molecule has 0 spiro atoms. The van der Waals surface area contributed by atoms with E-state index in [1.807, 2.05) is 30.5 Å². The van der Waals surface area contributed by atoms with Gasteiger partial charge in [-0.05, 0) is 71.1 Å². The predicted molar refractivity (Wildman–Crippen MR) is 145 cm³/mol. The molecule has 0 aliphatic carbocycles. The van der Waals surface area contributed by atoms with Gasteiger partial charge in [-0.1, -0.05) is 13.3 Å². The van der Waals surface area contributed by atoms with E-state index >= 15 is 0 Å². The number of aliphatic hydroxyl groups excluding tert-OH is 1. The molecule has 180 valence electrons. The molecule has 8 nitrogen and oxygen atoms in total. The highest BCUT2D eigenvalue weighted by Crippen LogP contribution is 2.34. The van der Waals surface area contributed by atoms with E-state index in [2.05, 4.69) is 60.3 Å². The number of thiophene rings is 1. The molecule has 0 aliphatic heterocycles. The Kier molecular flexibility index (Phi) is 5.92. The van der Waals surface area contributed by atoms with Crippen LogP contribution in [0.2, 0.25) is 0 Å². The molecular weight excluding hydrogens is 470 g/mol. The Morgan fingerprint density at radius 3 is 2.92 bits per heavy atom. The predicted octanol–water partition coefficient (Wildman–Crippen LogP) is 6.21. The van der Waals surface area contributed by atoms with Gasteiger partial charge in [-0.3, -0.25) is 10.1 Å². The van der Waals surface area contributed by atoms with E-state index < -0.39 is 6.23 Å². The molecule has 4 N–H and O–H groups in total. The van der Waals surface area contributed by atoms with Crippen molar-refractivity contribution >= 4 is 39.1 Å². The van der Waals surface area contributed by atoms with Crippen molar-refractivity contribution in [1.82, 2.24) is 30.1 Å². The van der Waals surface area contributed by atoms with E-state index in [0.717, 1.165) is 68.8 Å². The fourth-order valence-corrected chi connectivity index (χ4v) is 5.05. The largest absolute Gasteiger partial charge is 0.374 e. The number of nitrogens with zero attached hydrogens (tertiary/aromatic N) is 4. The van der Waals surface area contributed by atoms with Crippen LogP contribution in [0.5, 0.6) is 0 Å². The Bertz CT molecular complexity index is 1640. The van der Waals surface area contributed by atoms with Crippen LogP contribution in [0.4, 0.5) is 5.69 Å². The van der Waals surface area contributed by atoms with Crippen molar-refractivity contribution in [3.8, 4) is 33.8 Å². The zero-order chi connectivity index (χ0) is 24.5. The summed E-state index contributed by atoms with van der Waals surface area (Å²) >= 11 is 1.67. The van der Waals surface area contributed by atoms with Crippen LogP contribution < -0.4 is 5.32 Å². The van der Waals surface area contributed by atoms with Crippen LogP contribution in [0.15, 0.2) is 65.7 Å². The number of rotatable bonds is 8. The SMILES string of the molecule is CCCCC(O)Nc1cncc(-c2ccc3[nH]nc(-c4cc5c(-c6ccsc6)ccnc5[nH]4)c3n2)c1. The highest BCUT2D eigenvalue weighted by atomic mass is 32.1. The maximum Gasteiger partial charge on any atom is 0.138 e. The second kappa shape index (κ2) is 9.52. The van der Waals surface area contributed by atoms with Crippen molar-refractivity contribution in [3.63, 3.8) is 0 Å². The van der Waals surface area contributed by atoms with Gasteiger partial charge < -0.3 is 15.4 Å². The zero-order valence-corrected chi connectivity index (χ0v) is 20.5. The molecule has 0 aromatic carbocycles. The summed E-state index contributed by atoms with van der Waals surface area (Å²) in [6, 6.07) is 12.1. The average molecular weight is 496 g/mol. The van der Waals surface area contributed by atoms with Crippen molar-refractivity contribution in [3.05, 3.63) is 65.7 Å². The lowest BCUT2D eigenvalue weighted by Crippen LogP contribution is -2.18. The number of aromatic nitrogens is 6. The summed E-state index contributed by atoms with van der Waals surface area (Å²) in [4.78, 5) is 17.2. The van der Waals surface area contributed by atoms with E-state index in [9.17, 15) is 5.11 Å². The Morgan fingerprint density at radius 1 is 1.11 bits per heavy atom. The molecule has 0 saturated heterocycles. The third kappa shape index (κ3) is 4.23. The summed E-state index contributed by atoms with van der Waals surface area (Å²) in [5.74, 6) is 0. The number of hydrogen-bond donors (Lipinski definition) is 4. The van der Waals surface area contributed by atoms with E-state index in [4.69, 9.17) is 4.98 Å². The number of nitrogens with one attached hydrogen (secondary N) is 3. The molecule has 1 atom stereocenters. The summed E-state index contributed by atoms with van der Waals surface area (Å²) in [7, 11) is 0. The van der Waals surface area contributed by atoms with Gasteiger partial charge >= 0.3 is 0 Å². The number of pyridine rings is 3. The minimum absolute atomic E-state index is 0.604. The topological polar surface area (TPSA) is 115 Å². The summed E-state index contributed by atoms with van der Waals surface area (Å²) in [6.45, 7) is 2.11. The molecule has 36 heavy (non-hydrogen) atoms. The second-order valence-corrected chi connectivity index (χ2v) is 9.53. The standard InChI is InChI=1S/C27H25N7OS/c1-2-3-4-24(35)30-18-11-17(13-28-14-18)21-5-6-22-25(31-21)26(34-33-22)23-12-20-19(16-8-10-36-15-16)7-9-29-27(20)32-23/h5-15,24,30,35H,2-4H2,1H3,(H,29,32)(H,33,34). The first kappa shape index (κ1) is 22.4. The summed E-state index contributed by atoms with van der Waals surface area (Å²) < 4.78 is 0. The number of aromatic amines is 2. The first-order valence-electron chi connectivity index (χ1n) is 12.0. The molecule has 6 aromatic heterocycles. The van der Waals surface area contributed by atoms with Gasteiger partial charge in [0.2, 0.25) is 0 Å². The third-order valence-electron chi connectivity index (χ3n) is 6.23. The van der Waals surface area contributed by atoms with Crippen molar-refractivity contribution in [2.45, 2.75) is 32.4 Å². The molecule has 0 aliphatic rings. The normalized spacial score (nSPS) is 12.4. The van der Waals surface area contributed by atoms with E-state index in [1.54, 1.807) is 23.7 Å². The van der Waals surface area contributed by atoms with E-state index in [1.165, 1.54) is 5.56 Å². The van der Waals surface area contributed by atoms with Crippen molar-refractivity contribution < 1.29 is 5.11 Å². The molecule has 9 heteroatoms. The molecular formula is C27H25N7OS. The van der Waals surface area contributed by atoms with E-state index in [0.29, 0.717) is 6.42 Å². The molecule has 6 rings (SSSR count). The molecule has 0 amide bonds. The number of fused-ring (bicyclic) bond motifs is 2. The maximum absolute atomic E-state index is 10.2. The Morgan fingerprint density at radius 2 is 2.06 bits per heavy atom. The Labute approximate surface area is 211 Å². The molecule has 0 saturated carbocycles. The van der Waals surface area contributed by atoms with Gasteiger partial charge in [0.25, 0.3) is 0 Å². The van der Waals surface area contributed by atoms with Crippen LogP contribution in [0.1, 0.15) is 26.2 Å². The van der Waals surface area contributed by atoms with E-state index in [-0.39, 0.29) is 0 Å². The molecule has 1 unspecified atom stereocenters. The molecule has 6 aromatic rings. The molecule has 0 radical (unpaired) electrons. The number of aliphatic hydroxyl groups is 1. The lowest BCUT2D eigenvalue weighted by molar-refractivity contribution is 0.190. The summed E-state index contributed by atoms with van der Waals surface area (Å²) in [5, 5.41) is 26.3. The second-order valence-electron chi connectivity index (χ2n) is 8.75. The quantitative estimate of drug-likeness (QED) is 0.187. The van der Waals surface area contributed by atoms with Crippen LogP contribution in [-0.2, 0) is 0 Å². The molecule has 0 bridgehead atoms. The van der Waals surface area contributed by atoms with Crippen LogP contribution in [-0.4, -0.2) is 41.5 Å². The smallest absolute Gasteiger partial charge is 0.138 e. The maximum atomic E-state index is 10.2. The Balaban J connectivity index is 1.36. The fraction of sp³-hybridized carbons (Fsp3) is 0.185. The van der Waals surface area contributed by atoms with Gasteiger partial charge in [0, 0.05) is 23.3 Å². The summed E-state index contributed by atoms with van der Waals surface area (Å²) in [5.41, 5.74) is 8.70. The number of anilines is 1. The van der Waals surface area contributed by atoms with Gasteiger partial charge in [-0.25, -0.2) is 9.97 Å². The van der Waals surface area contributed by atoms with Crippen LogP contribution >= 0.6 is 11.3 Å². The zero-order valence-electron chi connectivity index (χ0n) is 19.7. The van der Waals surface area contributed by atoms with Crippen LogP contribution in [0.25, 0.3) is 55.8 Å². The average Bonchev–Trinajstić information content (AvgIpc) is 3.66. The minimum Gasteiger partial charge on any atom is -0.374 e. The first-order chi connectivity index (χ1) is 17.7. The van der Waals surface area contributed by atoms with Gasteiger partial charge in [-0.2, -0.15) is 16.4 Å². The molecule has 6 heterocycles. The summed E-state index contributed by atoms with van der Waals surface area (Å²) in [6.07, 6.45) is 7.39. The van der Waals surface area contributed by atoms with Crippen LogP contribution in [0.3, 0.4) is 0 Å². The lowest BCUT2D eigenvalue weighted by atomic mass is 10.1. The van der Waals surface area contributed by atoms with Crippen molar-refractivity contribution in [2.24, 2.45) is 0 Å². The third-order valence-corrected chi connectivity index (χ3v) is 6.91. The lowest BCUT2D eigenvalue weighted by Gasteiger charge is -2.14. The van der Waals surface area contributed by atoms with Crippen molar-refractivity contribution in [1.29, 1.82) is 0 Å². The Hall–Kier alpha value is -4.08. The van der Waals surface area contributed by atoms with Gasteiger partial charge in [0.15, 0.2) is 0 Å². The molecule has 0 fully saturated rings. The monoisotopic (exact) mass is 495 g/mol. The van der Waals surface area contributed by atoms with Gasteiger partial charge in [0.1, 0.15) is 23.1 Å². The van der Waals surface area contributed by atoms with Crippen LogP contribution in [0, 0.1) is 0 Å². The number of H-pyrrole nitrogens is 2. The highest BCUT2D eigenvalue weighted by Gasteiger charge is 2.16. The fourth-order valence-electron chi connectivity index (χ4n) is 4.39. The van der Waals surface area contributed by atoms with Gasteiger partial charge in [-0.15, -0.1) is 0 Å². The minimum atomic E-state index is -0.604. The number of hydrogen-bond acceptors (Lipinski definition) is 7. The first-order valence-corrected chi connectivity index (χ1v) is 12.9.